The molecule has 0 radical (unpaired) electrons. The van der Waals surface area contributed by atoms with E-state index in [9.17, 15) is 14.0 Å². The summed E-state index contributed by atoms with van der Waals surface area (Å²) < 4.78 is 18.6. The molecule has 6 nitrogen and oxygen atoms in total. The van der Waals surface area contributed by atoms with E-state index in [0.29, 0.717) is 23.5 Å². The summed E-state index contributed by atoms with van der Waals surface area (Å²) in [6.45, 7) is 8.45. The van der Waals surface area contributed by atoms with Gasteiger partial charge in [0.1, 0.15) is 11.5 Å². The van der Waals surface area contributed by atoms with Gasteiger partial charge in [-0.05, 0) is 48.2 Å². The van der Waals surface area contributed by atoms with Crippen LogP contribution in [-0.4, -0.2) is 23.5 Å². The topological polar surface area (TPSA) is 84.2 Å². The zero-order valence-corrected chi connectivity index (χ0v) is 17.4. The molecule has 0 aliphatic rings. The van der Waals surface area contributed by atoms with Gasteiger partial charge in [-0.2, -0.15) is 0 Å². The Kier molecular flexibility index (Phi) is 6.01. The smallest absolute Gasteiger partial charge is 0.289 e. The summed E-state index contributed by atoms with van der Waals surface area (Å²) in [6.07, 6.45) is 0. The van der Waals surface area contributed by atoms with E-state index < -0.39 is 11.7 Å². The molecule has 0 bridgehead atoms. The van der Waals surface area contributed by atoms with Gasteiger partial charge < -0.3 is 15.2 Å². The average Bonchev–Trinajstić information content (AvgIpc) is 3.17. The summed E-state index contributed by atoms with van der Waals surface area (Å²) in [4.78, 5) is 24.7. The van der Waals surface area contributed by atoms with Gasteiger partial charge in [-0.1, -0.05) is 38.1 Å². The highest BCUT2D eigenvalue weighted by Crippen LogP contribution is 2.27. The predicted molar refractivity (Wildman–Crippen MR) is 113 cm³/mol. The van der Waals surface area contributed by atoms with Crippen molar-refractivity contribution in [2.45, 2.75) is 27.7 Å². The number of anilines is 1. The first-order valence-corrected chi connectivity index (χ1v) is 9.55. The van der Waals surface area contributed by atoms with Crippen molar-refractivity contribution in [2.75, 3.05) is 11.9 Å². The highest BCUT2D eigenvalue weighted by Gasteiger charge is 2.18. The Bertz CT molecular complexity index is 1080. The number of halogens is 1. The number of carbonyl (C=O) groups is 2. The van der Waals surface area contributed by atoms with Crippen LogP contribution < -0.4 is 10.6 Å². The molecule has 0 unspecified atom stereocenters. The quantitative estimate of drug-likeness (QED) is 0.633. The van der Waals surface area contributed by atoms with Gasteiger partial charge in [0.25, 0.3) is 11.8 Å². The molecule has 0 fully saturated rings. The SMILES string of the molecule is Cc1ccc(NC(=O)c2cccc(F)c2)cc1-c1cc(C(=O)NCC(C)(C)C)on1. The molecule has 0 saturated heterocycles. The maximum absolute atomic E-state index is 13.4. The number of hydrogen-bond donors (Lipinski definition) is 2. The van der Waals surface area contributed by atoms with Crippen LogP contribution in [0.3, 0.4) is 0 Å². The lowest BCUT2D eigenvalue weighted by atomic mass is 9.97. The minimum Gasteiger partial charge on any atom is -0.350 e. The van der Waals surface area contributed by atoms with Crippen LogP contribution in [0.15, 0.2) is 53.1 Å². The molecule has 30 heavy (non-hydrogen) atoms. The van der Waals surface area contributed by atoms with E-state index in [-0.39, 0.29) is 22.6 Å². The Morgan fingerprint density at radius 2 is 1.83 bits per heavy atom. The summed E-state index contributed by atoms with van der Waals surface area (Å²) in [7, 11) is 0. The fraction of sp³-hybridized carbons (Fsp3) is 0.261. The fourth-order valence-electron chi connectivity index (χ4n) is 2.75. The molecule has 0 aliphatic heterocycles. The first-order valence-electron chi connectivity index (χ1n) is 9.55. The number of benzene rings is 2. The van der Waals surface area contributed by atoms with Crippen LogP contribution in [0.1, 0.15) is 47.2 Å². The molecule has 0 spiro atoms. The van der Waals surface area contributed by atoms with Crippen LogP contribution in [0.25, 0.3) is 11.3 Å². The molecule has 156 valence electrons. The number of aromatic nitrogens is 1. The average molecular weight is 409 g/mol. The Labute approximate surface area is 174 Å². The Morgan fingerprint density at radius 3 is 2.53 bits per heavy atom. The zero-order chi connectivity index (χ0) is 21.9. The van der Waals surface area contributed by atoms with E-state index in [1.165, 1.54) is 24.3 Å². The van der Waals surface area contributed by atoms with Gasteiger partial charge in [-0.25, -0.2) is 4.39 Å². The molecule has 0 aliphatic carbocycles. The second-order valence-corrected chi connectivity index (χ2v) is 8.31. The molecule has 7 heteroatoms. The third-order valence-electron chi connectivity index (χ3n) is 4.37. The standard InChI is InChI=1S/C23H24FN3O3/c1-14-8-9-17(26-21(28)15-6-5-7-16(24)10-15)11-18(14)19-12-20(30-27-19)22(29)25-13-23(2,3)4/h5-12H,13H2,1-4H3,(H,25,29)(H,26,28). The summed E-state index contributed by atoms with van der Waals surface area (Å²) in [6, 6.07) is 12.3. The summed E-state index contributed by atoms with van der Waals surface area (Å²) in [5.74, 6) is -1.13. The number of nitrogens with one attached hydrogen (secondary N) is 2. The van der Waals surface area contributed by atoms with Crippen molar-refractivity contribution in [1.82, 2.24) is 10.5 Å². The molecular formula is C23H24FN3O3. The summed E-state index contributed by atoms with van der Waals surface area (Å²) in [5.41, 5.74) is 2.78. The van der Waals surface area contributed by atoms with Gasteiger partial charge in [0.05, 0.1) is 0 Å². The molecular weight excluding hydrogens is 385 g/mol. The molecule has 2 aromatic carbocycles. The van der Waals surface area contributed by atoms with Gasteiger partial charge in [-0.3, -0.25) is 9.59 Å². The van der Waals surface area contributed by atoms with Crippen molar-refractivity contribution >= 4 is 17.5 Å². The number of nitrogens with zero attached hydrogens (tertiary/aromatic N) is 1. The van der Waals surface area contributed by atoms with Crippen LogP contribution in [0.4, 0.5) is 10.1 Å². The second-order valence-electron chi connectivity index (χ2n) is 8.31. The highest BCUT2D eigenvalue weighted by atomic mass is 19.1. The van der Waals surface area contributed by atoms with E-state index >= 15 is 0 Å². The highest BCUT2D eigenvalue weighted by molar-refractivity contribution is 6.04. The van der Waals surface area contributed by atoms with Crippen LogP contribution in [-0.2, 0) is 0 Å². The molecule has 2 amide bonds. The van der Waals surface area contributed by atoms with Crippen LogP contribution in [0.2, 0.25) is 0 Å². The molecule has 3 rings (SSSR count). The molecule has 1 aromatic heterocycles. The van der Waals surface area contributed by atoms with Crippen LogP contribution in [0.5, 0.6) is 0 Å². The van der Waals surface area contributed by atoms with E-state index in [1.807, 2.05) is 33.8 Å². The van der Waals surface area contributed by atoms with Gasteiger partial charge in [0, 0.05) is 29.4 Å². The number of hydrogen-bond acceptors (Lipinski definition) is 4. The lowest BCUT2D eigenvalue weighted by Gasteiger charge is -2.17. The van der Waals surface area contributed by atoms with E-state index in [1.54, 1.807) is 18.2 Å². The number of amides is 2. The van der Waals surface area contributed by atoms with Gasteiger partial charge in [0.15, 0.2) is 0 Å². The lowest BCUT2D eigenvalue weighted by Crippen LogP contribution is -2.31. The Morgan fingerprint density at radius 1 is 1.07 bits per heavy atom. The maximum Gasteiger partial charge on any atom is 0.289 e. The monoisotopic (exact) mass is 409 g/mol. The first-order chi connectivity index (χ1) is 14.1. The fourth-order valence-corrected chi connectivity index (χ4v) is 2.75. The molecule has 0 saturated carbocycles. The Balaban J connectivity index is 1.78. The van der Waals surface area contributed by atoms with E-state index in [4.69, 9.17) is 4.52 Å². The molecule has 3 aromatic rings. The van der Waals surface area contributed by atoms with E-state index in [2.05, 4.69) is 15.8 Å². The third-order valence-corrected chi connectivity index (χ3v) is 4.37. The van der Waals surface area contributed by atoms with Crippen molar-refractivity contribution in [3.05, 3.63) is 71.2 Å². The van der Waals surface area contributed by atoms with Gasteiger partial charge in [-0.15, -0.1) is 0 Å². The first kappa shape index (κ1) is 21.2. The van der Waals surface area contributed by atoms with Crippen molar-refractivity contribution in [1.29, 1.82) is 0 Å². The molecule has 0 atom stereocenters. The number of rotatable bonds is 5. The van der Waals surface area contributed by atoms with Crippen molar-refractivity contribution in [3.8, 4) is 11.3 Å². The molecule has 2 N–H and O–H groups in total. The predicted octanol–water partition coefficient (Wildman–Crippen LogP) is 4.82. The minimum absolute atomic E-state index is 0.0523. The Hall–Kier alpha value is -3.48. The maximum atomic E-state index is 13.4. The normalized spacial score (nSPS) is 11.2. The largest absolute Gasteiger partial charge is 0.350 e. The lowest BCUT2D eigenvalue weighted by molar-refractivity contribution is 0.0902. The third kappa shape index (κ3) is 5.31. The minimum atomic E-state index is -0.480. The molecule has 1 heterocycles. The van der Waals surface area contributed by atoms with Crippen LogP contribution in [0, 0.1) is 18.2 Å². The van der Waals surface area contributed by atoms with E-state index in [0.717, 1.165) is 5.56 Å². The van der Waals surface area contributed by atoms with Gasteiger partial charge in [0.2, 0.25) is 5.76 Å². The zero-order valence-electron chi connectivity index (χ0n) is 17.4. The number of aryl methyl sites for hydroxylation is 1. The van der Waals surface area contributed by atoms with Crippen LogP contribution >= 0.6 is 0 Å². The summed E-state index contributed by atoms with van der Waals surface area (Å²) >= 11 is 0. The van der Waals surface area contributed by atoms with Gasteiger partial charge >= 0.3 is 0 Å². The second kappa shape index (κ2) is 8.49. The number of carbonyl (C=O) groups excluding carboxylic acids is 2. The van der Waals surface area contributed by atoms with Crippen molar-refractivity contribution in [2.24, 2.45) is 5.41 Å². The van der Waals surface area contributed by atoms with Crippen molar-refractivity contribution < 1.29 is 18.5 Å². The van der Waals surface area contributed by atoms with Crippen molar-refractivity contribution in [3.63, 3.8) is 0 Å². The summed E-state index contributed by atoms with van der Waals surface area (Å²) in [5, 5.41) is 9.57.